The number of hydrogen-bond donors (Lipinski definition) is 1. The van der Waals surface area contributed by atoms with Crippen LogP contribution in [0, 0.1) is 6.92 Å². The van der Waals surface area contributed by atoms with Gasteiger partial charge in [-0.05, 0) is 51.6 Å². The van der Waals surface area contributed by atoms with Gasteiger partial charge >= 0.3 is 12.0 Å². The minimum atomic E-state index is -3.36. The van der Waals surface area contributed by atoms with Gasteiger partial charge in [-0.3, -0.25) is 4.79 Å². The van der Waals surface area contributed by atoms with E-state index >= 15 is 8.78 Å². The molecule has 2 aliphatic heterocycles. The smallest absolute Gasteiger partial charge is 0.353 e. The number of amides is 2. The third-order valence-corrected chi connectivity index (χ3v) is 6.97. The lowest BCUT2D eigenvalue weighted by Crippen LogP contribution is -2.44. The molecule has 1 N–H and O–H groups in total. The van der Waals surface area contributed by atoms with Crippen LogP contribution in [0.4, 0.5) is 14.5 Å². The lowest BCUT2D eigenvalue weighted by molar-refractivity contribution is -0.441. The van der Waals surface area contributed by atoms with E-state index in [1.165, 1.54) is 11.1 Å². The van der Waals surface area contributed by atoms with Crippen LogP contribution in [-0.4, -0.2) is 83.1 Å². The molecule has 3 heterocycles. The molecule has 11 heteroatoms. The number of isocyanates is 1. The number of anilines is 1. The summed E-state index contributed by atoms with van der Waals surface area (Å²) in [5.74, 6) is -4.54. The van der Waals surface area contributed by atoms with E-state index in [2.05, 4.69) is 9.88 Å². The number of rotatable bonds is 4. The number of hydrazone groups is 1. The van der Waals surface area contributed by atoms with E-state index in [1.807, 2.05) is 14.1 Å². The highest BCUT2D eigenvalue weighted by atomic mass is 35.5. The highest BCUT2D eigenvalue weighted by Crippen LogP contribution is 2.43. The van der Waals surface area contributed by atoms with Crippen molar-refractivity contribution in [2.24, 2.45) is 0 Å². The molecular formula is C26H31ClF2N5O3+. The van der Waals surface area contributed by atoms with Gasteiger partial charge in [-0.2, -0.15) is 4.79 Å². The Balaban J connectivity index is 0.00000380. The molecule has 4 rings (SSSR count). The second kappa shape index (κ2) is 11.4. The third-order valence-electron chi connectivity index (χ3n) is 6.97. The first kappa shape index (κ1) is 28.2. The zero-order valence-electron chi connectivity index (χ0n) is 21.0. The summed E-state index contributed by atoms with van der Waals surface area (Å²) in [5.41, 5.74) is 0.667. The van der Waals surface area contributed by atoms with Gasteiger partial charge in [0.05, 0.1) is 11.2 Å². The summed E-state index contributed by atoms with van der Waals surface area (Å²) in [7, 11) is 3.97. The fourth-order valence-corrected chi connectivity index (χ4v) is 4.82. The molecule has 2 amide bonds. The van der Waals surface area contributed by atoms with Crippen LogP contribution in [0.3, 0.4) is 0 Å². The van der Waals surface area contributed by atoms with Crippen LogP contribution >= 0.6 is 12.4 Å². The number of hydrogen-bond acceptors (Lipinski definition) is 5. The lowest BCUT2D eigenvalue weighted by Gasteiger charge is -2.35. The standard InChI is InChI=1S/C26H29F2N5O3.ClH/c1-18-8-12-29-24(18)25(36)33(17-34)32-15-11-26(27,28)21(20-6-4-5-7-22(20)32)16-23(35)31-13-9-19(10-14-31)30(2)3;/h4-8,12,16,19H,9-11,13-15H2,1-3H3;1H/p+1. The van der Waals surface area contributed by atoms with Crippen molar-refractivity contribution in [3.63, 3.8) is 0 Å². The molecule has 198 valence electrons. The predicted octanol–water partition coefficient (Wildman–Crippen LogP) is 3.63. The first-order valence-electron chi connectivity index (χ1n) is 11.9. The van der Waals surface area contributed by atoms with Crippen LogP contribution in [0.15, 0.2) is 42.6 Å². The first-order chi connectivity index (χ1) is 17.1. The van der Waals surface area contributed by atoms with E-state index in [1.54, 1.807) is 48.4 Å². The number of halogens is 3. The lowest BCUT2D eigenvalue weighted by atomic mass is 9.96. The van der Waals surface area contributed by atoms with Gasteiger partial charge in [0.1, 0.15) is 5.69 Å². The molecule has 0 unspecified atom stereocenters. The monoisotopic (exact) mass is 534 g/mol. The summed E-state index contributed by atoms with van der Waals surface area (Å²) >= 11 is 0. The van der Waals surface area contributed by atoms with Crippen molar-refractivity contribution in [3.05, 3.63) is 59.4 Å². The first-order valence-corrected chi connectivity index (χ1v) is 11.9. The zero-order valence-corrected chi connectivity index (χ0v) is 21.9. The van der Waals surface area contributed by atoms with Gasteiger partial charge in [0.25, 0.3) is 5.92 Å². The highest BCUT2D eigenvalue weighted by Gasteiger charge is 2.45. The summed E-state index contributed by atoms with van der Waals surface area (Å²) < 4.78 is 31.7. The van der Waals surface area contributed by atoms with Crippen molar-refractivity contribution in [2.75, 3.05) is 38.7 Å². The zero-order chi connectivity index (χ0) is 26.0. The average molecular weight is 535 g/mol. The fraction of sp³-hybridized carbons (Fsp3) is 0.423. The Morgan fingerprint density at radius 3 is 2.43 bits per heavy atom. The Kier molecular flexibility index (Phi) is 8.68. The van der Waals surface area contributed by atoms with Gasteiger partial charge in [0.2, 0.25) is 5.91 Å². The number of nitrogens with one attached hydrogen (secondary N) is 1. The molecule has 1 fully saturated rings. The molecule has 2 aliphatic rings. The predicted molar refractivity (Wildman–Crippen MR) is 138 cm³/mol. The molecule has 0 atom stereocenters. The van der Waals surface area contributed by atoms with E-state index < -0.39 is 29.7 Å². The van der Waals surface area contributed by atoms with Crippen molar-refractivity contribution < 1.29 is 27.8 Å². The highest BCUT2D eigenvalue weighted by molar-refractivity contribution is 5.99. The summed E-state index contributed by atoms with van der Waals surface area (Å²) in [6.45, 7) is 2.35. The Labute approximate surface area is 220 Å². The number of nitrogens with zero attached hydrogens (tertiary/aromatic N) is 4. The van der Waals surface area contributed by atoms with E-state index in [0.717, 1.165) is 18.9 Å². The van der Waals surface area contributed by atoms with E-state index in [9.17, 15) is 14.4 Å². The van der Waals surface area contributed by atoms with Gasteiger partial charge in [0.15, 0.2) is 5.69 Å². The number of hydrazine groups is 1. The van der Waals surface area contributed by atoms with Crippen LogP contribution in [0.5, 0.6) is 0 Å². The van der Waals surface area contributed by atoms with Crippen LogP contribution in [-0.2, 0) is 9.59 Å². The molecule has 1 aromatic heterocycles. The number of aryl methyl sites for hydroxylation is 1. The third kappa shape index (κ3) is 5.66. The molecule has 1 aromatic carbocycles. The second-order valence-electron chi connectivity index (χ2n) is 9.42. The molecule has 2 aromatic rings. The SMILES string of the molecule is Cc1cc[nH]c1C(=O)[N+](=C=O)N1CCC(F)(F)C(=CC(=O)N2CCC(N(C)C)CC2)c2ccccc21.Cl. The van der Waals surface area contributed by atoms with Crippen molar-refractivity contribution >= 4 is 41.6 Å². The van der Waals surface area contributed by atoms with Crippen LogP contribution in [0.25, 0.3) is 5.57 Å². The molecule has 0 spiro atoms. The van der Waals surface area contributed by atoms with E-state index in [4.69, 9.17) is 0 Å². The van der Waals surface area contributed by atoms with Crippen molar-refractivity contribution in [1.29, 1.82) is 0 Å². The molecule has 0 radical (unpaired) electrons. The summed E-state index contributed by atoms with van der Waals surface area (Å²) in [5, 5.41) is 1.20. The molecule has 0 bridgehead atoms. The van der Waals surface area contributed by atoms with Gasteiger partial charge in [-0.1, -0.05) is 18.2 Å². The average Bonchev–Trinajstić information content (AvgIpc) is 3.26. The van der Waals surface area contributed by atoms with E-state index in [0.29, 0.717) is 29.4 Å². The van der Waals surface area contributed by atoms with Crippen LogP contribution < -0.4 is 5.01 Å². The summed E-state index contributed by atoms with van der Waals surface area (Å²) in [6, 6.07) is 8.28. The van der Waals surface area contributed by atoms with Crippen molar-refractivity contribution in [2.45, 2.75) is 38.2 Å². The Bertz CT molecular complexity index is 1240. The number of likely N-dealkylation sites (tertiary alicyclic amines) is 1. The Morgan fingerprint density at radius 2 is 1.84 bits per heavy atom. The minimum Gasteiger partial charge on any atom is -0.353 e. The summed E-state index contributed by atoms with van der Waals surface area (Å²) in [4.78, 5) is 44.6. The van der Waals surface area contributed by atoms with E-state index in [-0.39, 0.29) is 35.9 Å². The number of carbonyl (C=O) groups is 2. The Hall–Kier alpha value is -3.33. The number of H-pyrrole nitrogens is 1. The van der Waals surface area contributed by atoms with Gasteiger partial charge in [-0.25, -0.2) is 13.6 Å². The number of fused-ring (bicyclic) bond motifs is 1. The quantitative estimate of drug-likeness (QED) is 0.280. The maximum Gasteiger partial charge on any atom is 0.476 e. The van der Waals surface area contributed by atoms with Gasteiger partial charge in [0, 0.05) is 49.0 Å². The van der Waals surface area contributed by atoms with Crippen LogP contribution in [0.1, 0.15) is 40.9 Å². The largest absolute Gasteiger partial charge is 0.476 e. The van der Waals surface area contributed by atoms with Gasteiger partial charge in [-0.15, -0.1) is 17.4 Å². The molecule has 0 aliphatic carbocycles. The molecule has 0 saturated carbocycles. The van der Waals surface area contributed by atoms with Crippen LogP contribution in [0.2, 0.25) is 0 Å². The van der Waals surface area contributed by atoms with Crippen molar-refractivity contribution in [1.82, 2.24) is 14.8 Å². The normalized spacial score (nSPS) is 18.6. The Morgan fingerprint density at radius 1 is 1.16 bits per heavy atom. The second-order valence-corrected chi connectivity index (χ2v) is 9.42. The number of piperidine rings is 1. The number of benzene rings is 1. The number of para-hydroxylation sites is 1. The number of carbonyl (C=O) groups excluding carboxylic acids is 3. The molecule has 8 nitrogen and oxygen atoms in total. The number of allylic oxidation sites excluding steroid dienone is 1. The topological polar surface area (TPSA) is 79.7 Å². The van der Waals surface area contributed by atoms with Gasteiger partial charge < -0.3 is 14.8 Å². The number of aromatic nitrogens is 1. The molecular weight excluding hydrogens is 504 g/mol. The maximum absolute atomic E-state index is 15.5. The number of alkyl halides is 2. The summed E-state index contributed by atoms with van der Waals surface area (Å²) in [6.07, 6.45) is 5.02. The maximum atomic E-state index is 15.5. The van der Waals surface area contributed by atoms with Crippen molar-refractivity contribution in [3.8, 4) is 0 Å². The minimum absolute atomic E-state index is 0. The molecule has 1 saturated heterocycles. The number of aromatic amines is 1. The fourth-order valence-electron chi connectivity index (χ4n) is 4.82. The molecule has 37 heavy (non-hydrogen) atoms.